The van der Waals surface area contributed by atoms with Crippen molar-refractivity contribution in [2.75, 3.05) is 0 Å². The molecule has 4 nitrogen and oxygen atoms in total. The van der Waals surface area contributed by atoms with Crippen molar-refractivity contribution in [3.63, 3.8) is 0 Å². The van der Waals surface area contributed by atoms with Crippen LogP contribution in [0, 0.1) is 0 Å². The van der Waals surface area contributed by atoms with Crippen molar-refractivity contribution in [2.45, 2.75) is 56.5 Å². The highest BCUT2D eigenvalue weighted by Gasteiger charge is 2.28. The van der Waals surface area contributed by atoms with Gasteiger partial charge in [-0.1, -0.05) is 15.9 Å². The van der Waals surface area contributed by atoms with Crippen molar-refractivity contribution in [2.24, 2.45) is 0 Å². The van der Waals surface area contributed by atoms with Gasteiger partial charge in [0.15, 0.2) is 0 Å². The van der Waals surface area contributed by atoms with Gasteiger partial charge in [0, 0.05) is 12.5 Å². The molecule has 0 bridgehead atoms. The predicted octanol–water partition coefficient (Wildman–Crippen LogP) is 2.40. The summed E-state index contributed by atoms with van der Waals surface area (Å²) in [6, 6.07) is 0.0249. The Kier molecular flexibility index (Phi) is 4.35. The average molecular weight is 292 g/mol. The van der Waals surface area contributed by atoms with E-state index in [2.05, 4.69) is 21.2 Å². The molecule has 0 saturated heterocycles. The molecule has 0 heterocycles. The van der Waals surface area contributed by atoms with E-state index >= 15 is 0 Å². The molecule has 0 aromatic heterocycles. The van der Waals surface area contributed by atoms with Crippen molar-refractivity contribution < 1.29 is 14.3 Å². The molecule has 0 spiro atoms. The zero-order valence-corrected chi connectivity index (χ0v) is 11.5. The highest BCUT2D eigenvalue weighted by molar-refractivity contribution is 9.10. The number of hydrogen-bond acceptors (Lipinski definition) is 3. The first-order valence-corrected chi connectivity index (χ1v) is 6.36. The minimum atomic E-state index is -0.484. The Hall–Kier alpha value is -0.580. The summed E-state index contributed by atoms with van der Waals surface area (Å²) < 4.78 is 5.15. The van der Waals surface area contributed by atoms with Gasteiger partial charge in [-0.15, -0.1) is 0 Å². The van der Waals surface area contributed by atoms with Crippen LogP contribution < -0.4 is 5.32 Å². The summed E-state index contributed by atoms with van der Waals surface area (Å²) in [5.74, 6) is 0.210. The maximum Gasteiger partial charge on any atom is 0.407 e. The SMILES string of the molecule is CC(C)(C)OC(=O)N[C@H]1CCC(=O)[C@H](Br)C1. The largest absolute Gasteiger partial charge is 0.444 e. The van der Waals surface area contributed by atoms with Gasteiger partial charge in [-0.2, -0.15) is 0 Å². The first kappa shape index (κ1) is 13.5. The zero-order chi connectivity index (χ0) is 12.3. The van der Waals surface area contributed by atoms with Crippen LogP contribution >= 0.6 is 15.9 Å². The number of hydrogen-bond donors (Lipinski definition) is 1. The summed E-state index contributed by atoms with van der Waals surface area (Å²) in [5.41, 5.74) is -0.484. The normalized spacial score (nSPS) is 26.4. The van der Waals surface area contributed by atoms with E-state index in [0.29, 0.717) is 19.3 Å². The Bertz CT molecular complexity index is 285. The third kappa shape index (κ3) is 4.51. The summed E-state index contributed by atoms with van der Waals surface area (Å²) in [4.78, 5) is 22.6. The number of carbonyl (C=O) groups excluding carboxylic acids is 2. The molecule has 1 rings (SSSR count). The van der Waals surface area contributed by atoms with E-state index in [1.54, 1.807) is 0 Å². The van der Waals surface area contributed by atoms with Gasteiger partial charge in [0.1, 0.15) is 11.4 Å². The van der Waals surface area contributed by atoms with Crippen molar-refractivity contribution >= 4 is 27.8 Å². The second-order valence-electron chi connectivity index (χ2n) is 5.05. The van der Waals surface area contributed by atoms with Gasteiger partial charge >= 0.3 is 6.09 Å². The number of amides is 1. The standard InChI is InChI=1S/C11H18BrNO3/c1-11(2,3)16-10(15)13-7-4-5-9(14)8(12)6-7/h7-8H,4-6H2,1-3H3,(H,13,15)/t7-,8+/m0/s1. The number of alkyl carbamates (subject to hydrolysis) is 1. The van der Waals surface area contributed by atoms with E-state index in [1.807, 2.05) is 20.8 Å². The van der Waals surface area contributed by atoms with E-state index in [4.69, 9.17) is 4.74 Å². The number of ether oxygens (including phenoxy) is 1. The van der Waals surface area contributed by atoms with E-state index < -0.39 is 11.7 Å². The molecule has 1 fully saturated rings. The van der Waals surface area contributed by atoms with Gasteiger partial charge in [0.05, 0.1) is 4.83 Å². The number of halogens is 1. The van der Waals surface area contributed by atoms with Crippen LogP contribution in [0.25, 0.3) is 0 Å². The molecule has 0 aliphatic heterocycles. The lowest BCUT2D eigenvalue weighted by molar-refractivity contribution is -0.119. The third-order valence-corrected chi connectivity index (χ3v) is 3.19. The Morgan fingerprint density at radius 2 is 2.12 bits per heavy atom. The number of alkyl halides is 1. The highest BCUT2D eigenvalue weighted by Crippen LogP contribution is 2.21. The van der Waals surface area contributed by atoms with Crippen LogP contribution in [0.4, 0.5) is 4.79 Å². The van der Waals surface area contributed by atoms with Gasteiger partial charge in [-0.05, 0) is 33.6 Å². The molecule has 2 atom stereocenters. The molecule has 1 aliphatic rings. The predicted molar refractivity (Wildman–Crippen MR) is 64.7 cm³/mol. The fraction of sp³-hybridized carbons (Fsp3) is 0.818. The molecule has 0 aromatic carbocycles. The maximum absolute atomic E-state index is 11.5. The maximum atomic E-state index is 11.5. The van der Waals surface area contributed by atoms with Crippen molar-refractivity contribution in [1.29, 1.82) is 0 Å². The van der Waals surface area contributed by atoms with Gasteiger partial charge in [-0.3, -0.25) is 4.79 Å². The van der Waals surface area contributed by atoms with Crippen LogP contribution in [0.2, 0.25) is 0 Å². The first-order chi connectivity index (χ1) is 7.28. The monoisotopic (exact) mass is 291 g/mol. The van der Waals surface area contributed by atoms with Gasteiger partial charge in [0.25, 0.3) is 0 Å². The van der Waals surface area contributed by atoms with Crippen LogP contribution in [-0.4, -0.2) is 28.3 Å². The quantitative estimate of drug-likeness (QED) is 0.755. The Morgan fingerprint density at radius 3 is 2.62 bits per heavy atom. The molecule has 1 aliphatic carbocycles. The van der Waals surface area contributed by atoms with Crippen molar-refractivity contribution in [3.05, 3.63) is 0 Å². The molecule has 0 unspecified atom stereocenters. The van der Waals surface area contributed by atoms with Gasteiger partial charge < -0.3 is 10.1 Å². The Balaban J connectivity index is 2.38. The zero-order valence-electron chi connectivity index (χ0n) is 9.88. The number of ketones is 1. The van der Waals surface area contributed by atoms with E-state index in [0.717, 1.165) is 0 Å². The van der Waals surface area contributed by atoms with Crippen molar-refractivity contribution in [1.82, 2.24) is 5.32 Å². The molecular weight excluding hydrogens is 274 g/mol. The van der Waals surface area contributed by atoms with Crippen LogP contribution in [0.15, 0.2) is 0 Å². The summed E-state index contributed by atoms with van der Waals surface area (Å²) in [7, 11) is 0. The number of Topliss-reactive ketones (excluding diaryl/α,β-unsaturated/α-hetero) is 1. The topological polar surface area (TPSA) is 55.4 Å². The van der Waals surface area contributed by atoms with Crippen molar-refractivity contribution in [3.8, 4) is 0 Å². The molecule has 1 saturated carbocycles. The molecule has 1 N–H and O–H groups in total. The molecule has 16 heavy (non-hydrogen) atoms. The first-order valence-electron chi connectivity index (χ1n) is 5.44. The number of rotatable bonds is 1. The number of nitrogens with one attached hydrogen (secondary N) is 1. The fourth-order valence-corrected chi connectivity index (χ4v) is 2.26. The molecule has 5 heteroatoms. The molecule has 92 valence electrons. The number of carbonyl (C=O) groups is 2. The lowest BCUT2D eigenvalue weighted by Crippen LogP contribution is -2.43. The summed E-state index contributed by atoms with van der Waals surface area (Å²) in [6.07, 6.45) is 1.43. The van der Waals surface area contributed by atoms with E-state index in [9.17, 15) is 9.59 Å². The van der Waals surface area contributed by atoms with Crippen LogP contribution in [0.3, 0.4) is 0 Å². The van der Waals surface area contributed by atoms with Crippen LogP contribution in [0.1, 0.15) is 40.0 Å². The minimum absolute atomic E-state index is 0.0249. The smallest absolute Gasteiger partial charge is 0.407 e. The van der Waals surface area contributed by atoms with E-state index in [-0.39, 0.29) is 16.7 Å². The fourth-order valence-electron chi connectivity index (χ4n) is 1.58. The summed E-state index contributed by atoms with van der Waals surface area (Å²) in [6.45, 7) is 5.47. The van der Waals surface area contributed by atoms with Gasteiger partial charge in [-0.25, -0.2) is 4.79 Å². The Labute approximate surface area is 104 Å². The molecular formula is C11H18BrNO3. The Morgan fingerprint density at radius 1 is 1.50 bits per heavy atom. The molecule has 0 radical (unpaired) electrons. The second-order valence-corrected chi connectivity index (χ2v) is 6.16. The highest BCUT2D eigenvalue weighted by atomic mass is 79.9. The van der Waals surface area contributed by atoms with Crippen LogP contribution in [0.5, 0.6) is 0 Å². The molecule has 0 aromatic rings. The average Bonchev–Trinajstić information content (AvgIpc) is 2.08. The summed E-state index contributed by atoms with van der Waals surface area (Å²) >= 11 is 3.30. The second kappa shape index (κ2) is 5.17. The lowest BCUT2D eigenvalue weighted by atomic mass is 9.94. The van der Waals surface area contributed by atoms with Gasteiger partial charge in [0.2, 0.25) is 0 Å². The summed E-state index contributed by atoms with van der Waals surface area (Å²) in [5, 5.41) is 2.78. The minimum Gasteiger partial charge on any atom is -0.444 e. The third-order valence-electron chi connectivity index (χ3n) is 2.30. The molecule has 1 amide bonds. The van der Waals surface area contributed by atoms with Crippen LogP contribution in [-0.2, 0) is 9.53 Å². The lowest BCUT2D eigenvalue weighted by Gasteiger charge is -2.27. The van der Waals surface area contributed by atoms with E-state index in [1.165, 1.54) is 0 Å².